The van der Waals surface area contributed by atoms with Crippen LogP contribution in [0.4, 0.5) is 0 Å². The molecule has 0 unspecified atom stereocenters. The molecule has 0 fully saturated rings. The lowest BCUT2D eigenvalue weighted by atomic mass is 10.0. The van der Waals surface area contributed by atoms with Crippen molar-refractivity contribution in [1.29, 1.82) is 0 Å². The maximum absolute atomic E-state index is 10.7. The van der Waals surface area contributed by atoms with Gasteiger partial charge in [-0.1, -0.05) is 22.0 Å². The molecule has 2 rings (SSSR count). The largest absolute Gasteiger partial charge is 0.549 e. The number of carboxylic acids is 1. The number of rotatable bonds is 1. The number of aliphatic carboxylic acids is 1. The molecule has 2 nitrogen and oxygen atoms in total. The van der Waals surface area contributed by atoms with E-state index in [4.69, 9.17) is 0 Å². The third-order valence-corrected chi connectivity index (χ3v) is 2.96. The van der Waals surface area contributed by atoms with Crippen LogP contribution in [0.1, 0.15) is 23.5 Å². The van der Waals surface area contributed by atoms with Crippen LogP contribution in [0.5, 0.6) is 0 Å². The van der Waals surface area contributed by atoms with Crippen LogP contribution in [0.2, 0.25) is 0 Å². The van der Waals surface area contributed by atoms with Crippen molar-refractivity contribution in [1.82, 2.24) is 0 Å². The van der Waals surface area contributed by atoms with Gasteiger partial charge in [0, 0.05) is 16.4 Å². The minimum Gasteiger partial charge on any atom is -0.549 e. The highest BCUT2D eigenvalue weighted by Crippen LogP contribution is 2.34. The number of carboxylic acid groups (broad SMARTS) is 1. The van der Waals surface area contributed by atoms with E-state index in [1.165, 1.54) is 0 Å². The van der Waals surface area contributed by atoms with Gasteiger partial charge in [-0.15, -0.1) is 0 Å². The number of hydrogen-bond acceptors (Lipinski definition) is 2. The number of halogens is 1. The molecule has 0 saturated heterocycles. The van der Waals surface area contributed by atoms with Crippen molar-refractivity contribution >= 4 is 21.9 Å². The van der Waals surface area contributed by atoms with E-state index in [9.17, 15) is 9.90 Å². The molecule has 0 spiro atoms. The van der Waals surface area contributed by atoms with E-state index in [0.717, 1.165) is 22.0 Å². The van der Waals surface area contributed by atoms with Gasteiger partial charge in [0.15, 0.2) is 0 Å². The molecule has 1 aliphatic rings. The smallest absolute Gasteiger partial charge is 0.0489 e. The van der Waals surface area contributed by atoms with E-state index in [-0.39, 0.29) is 0 Å². The Hall–Kier alpha value is -0.830. The summed E-state index contributed by atoms with van der Waals surface area (Å²) in [5.74, 6) is -1.36. The summed E-state index contributed by atoms with van der Waals surface area (Å²) in [5, 5.41) is 10.7. The highest BCUT2D eigenvalue weighted by molar-refractivity contribution is 9.10. The van der Waals surface area contributed by atoms with Gasteiger partial charge < -0.3 is 9.90 Å². The van der Waals surface area contributed by atoms with E-state index in [1.807, 2.05) is 18.2 Å². The van der Waals surface area contributed by atoms with Crippen molar-refractivity contribution in [3.63, 3.8) is 0 Å². The molecule has 0 bridgehead atoms. The van der Waals surface area contributed by atoms with Gasteiger partial charge in [0.25, 0.3) is 0 Å². The topological polar surface area (TPSA) is 40.1 Å². The number of fused-ring (bicyclic) bond motifs is 1. The highest BCUT2D eigenvalue weighted by atomic mass is 79.9. The van der Waals surface area contributed by atoms with Gasteiger partial charge in [0.05, 0.1) is 0 Å². The van der Waals surface area contributed by atoms with Gasteiger partial charge in [-0.05, 0) is 36.1 Å². The van der Waals surface area contributed by atoms with Gasteiger partial charge in [0.2, 0.25) is 0 Å². The zero-order chi connectivity index (χ0) is 9.42. The van der Waals surface area contributed by atoms with Crippen LogP contribution in [0, 0.1) is 0 Å². The highest BCUT2D eigenvalue weighted by Gasteiger charge is 2.22. The van der Waals surface area contributed by atoms with Gasteiger partial charge in [-0.2, -0.15) is 0 Å². The molecule has 68 valence electrons. The fourth-order valence-corrected chi connectivity index (χ4v) is 2.24. The van der Waals surface area contributed by atoms with E-state index in [1.54, 1.807) is 0 Å². The van der Waals surface area contributed by atoms with Gasteiger partial charge in [0.1, 0.15) is 0 Å². The number of carbonyl (C=O) groups excluding carboxylic acids is 1. The maximum atomic E-state index is 10.7. The van der Waals surface area contributed by atoms with Crippen molar-refractivity contribution in [3.05, 3.63) is 33.8 Å². The minimum absolute atomic E-state index is 0.400. The third-order valence-electron chi connectivity index (χ3n) is 2.47. The summed E-state index contributed by atoms with van der Waals surface area (Å²) in [5.41, 5.74) is 2.05. The van der Waals surface area contributed by atoms with Crippen molar-refractivity contribution in [3.8, 4) is 0 Å². The second-order valence-corrected chi connectivity index (χ2v) is 4.17. The lowest BCUT2D eigenvalue weighted by molar-refractivity contribution is -0.307. The molecule has 1 aromatic rings. The van der Waals surface area contributed by atoms with Crippen LogP contribution in [-0.4, -0.2) is 5.97 Å². The molecule has 0 heterocycles. The number of benzene rings is 1. The van der Waals surface area contributed by atoms with Crippen LogP contribution < -0.4 is 5.11 Å². The molecule has 0 aliphatic heterocycles. The van der Waals surface area contributed by atoms with E-state index >= 15 is 0 Å². The predicted octanol–water partition coefficient (Wildman–Crippen LogP) is 1.23. The zero-order valence-electron chi connectivity index (χ0n) is 6.92. The SMILES string of the molecule is O=C([O-])[C@H]1CCc2cc(Br)ccc21. The first-order valence-corrected chi connectivity index (χ1v) is 4.97. The molecule has 0 saturated carbocycles. The molecule has 3 heteroatoms. The lowest BCUT2D eigenvalue weighted by Crippen LogP contribution is -2.28. The van der Waals surface area contributed by atoms with Crippen LogP contribution in [0.3, 0.4) is 0 Å². The van der Waals surface area contributed by atoms with Crippen LogP contribution >= 0.6 is 15.9 Å². The lowest BCUT2D eigenvalue weighted by Gasteiger charge is -2.11. The first kappa shape index (κ1) is 8.75. The summed E-state index contributed by atoms with van der Waals surface area (Å²) in [4.78, 5) is 10.7. The maximum Gasteiger partial charge on any atom is 0.0489 e. The molecular weight excluding hydrogens is 232 g/mol. The van der Waals surface area contributed by atoms with E-state index < -0.39 is 11.9 Å². The fraction of sp³-hybridized carbons (Fsp3) is 0.300. The molecule has 0 amide bonds. The molecule has 0 aromatic heterocycles. The minimum atomic E-state index is -0.957. The average Bonchev–Trinajstić information content (AvgIpc) is 2.46. The molecular formula is C10H8BrO2-. The fourth-order valence-electron chi connectivity index (χ4n) is 1.83. The second kappa shape index (κ2) is 3.14. The summed E-state index contributed by atoms with van der Waals surface area (Å²) >= 11 is 3.36. The summed E-state index contributed by atoms with van der Waals surface area (Å²) < 4.78 is 1.00. The molecule has 0 radical (unpaired) electrons. The molecule has 0 N–H and O–H groups in total. The molecule has 1 atom stereocenters. The summed E-state index contributed by atoms with van der Waals surface area (Å²) in [7, 11) is 0. The zero-order valence-corrected chi connectivity index (χ0v) is 8.50. The molecule has 1 aromatic carbocycles. The summed E-state index contributed by atoms with van der Waals surface area (Å²) in [6, 6.07) is 5.73. The van der Waals surface area contributed by atoms with Crippen molar-refractivity contribution in [2.75, 3.05) is 0 Å². The Bertz CT molecular complexity index is 360. The Morgan fingerprint density at radius 1 is 1.54 bits per heavy atom. The quantitative estimate of drug-likeness (QED) is 0.740. The van der Waals surface area contributed by atoms with Gasteiger partial charge in [-0.25, -0.2) is 0 Å². The summed E-state index contributed by atoms with van der Waals surface area (Å²) in [6.07, 6.45) is 1.52. The Morgan fingerprint density at radius 2 is 2.31 bits per heavy atom. The first-order chi connectivity index (χ1) is 6.18. The first-order valence-electron chi connectivity index (χ1n) is 4.17. The van der Waals surface area contributed by atoms with E-state index in [0.29, 0.717) is 6.42 Å². The Balaban J connectivity index is 2.44. The standard InChI is InChI=1S/C10H9BrO2/c11-7-2-4-8-6(5-7)1-3-9(8)10(12)13/h2,4-5,9H,1,3H2,(H,12,13)/p-1/t9-/m0/s1. The number of carbonyl (C=O) groups is 1. The normalized spacial score (nSPS) is 19.9. The molecule has 1 aliphatic carbocycles. The van der Waals surface area contributed by atoms with Crippen molar-refractivity contribution < 1.29 is 9.90 Å². The van der Waals surface area contributed by atoms with E-state index in [2.05, 4.69) is 15.9 Å². The summed E-state index contributed by atoms with van der Waals surface area (Å²) in [6.45, 7) is 0. The molecule has 13 heavy (non-hydrogen) atoms. The van der Waals surface area contributed by atoms with Crippen LogP contribution in [0.25, 0.3) is 0 Å². The predicted molar refractivity (Wildman–Crippen MR) is 50.2 cm³/mol. The third kappa shape index (κ3) is 1.48. The van der Waals surface area contributed by atoms with Gasteiger partial charge in [-0.3, -0.25) is 0 Å². The Morgan fingerprint density at radius 3 is 3.00 bits per heavy atom. The van der Waals surface area contributed by atoms with Gasteiger partial charge >= 0.3 is 0 Å². The second-order valence-electron chi connectivity index (χ2n) is 3.25. The van der Waals surface area contributed by atoms with Crippen molar-refractivity contribution in [2.45, 2.75) is 18.8 Å². The monoisotopic (exact) mass is 239 g/mol. The van der Waals surface area contributed by atoms with Crippen LogP contribution in [0.15, 0.2) is 22.7 Å². The average molecular weight is 240 g/mol. The van der Waals surface area contributed by atoms with Crippen molar-refractivity contribution in [2.24, 2.45) is 0 Å². The number of aryl methyl sites for hydroxylation is 1. The Labute approximate surface area is 84.7 Å². The van der Waals surface area contributed by atoms with Crippen LogP contribution in [-0.2, 0) is 11.2 Å². The number of hydrogen-bond donors (Lipinski definition) is 0. The Kier molecular flexibility index (Phi) is 2.12.